The standard InChI is InChI=1S/C11H26N2/c1-6-11(3,7-2)12-9-8-10-13(4)5/h12H,6-10H2,1-5H3. The molecule has 2 heteroatoms. The van der Waals surface area contributed by atoms with E-state index in [1.807, 2.05) is 0 Å². The zero-order valence-electron chi connectivity index (χ0n) is 9.98. The summed E-state index contributed by atoms with van der Waals surface area (Å²) in [5.41, 5.74) is 0.353. The third kappa shape index (κ3) is 6.05. The number of rotatable bonds is 7. The molecule has 0 saturated heterocycles. The van der Waals surface area contributed by atoms with E-state index in [0.717, 1.165) is 6.54 Å². The van der Waals surface area contributed by atoms with Gasteiger partial charge in [-0.3, -0.25) is 0 Å². The van der Waals surface area contributed by atoms with Crippen molar-refractivity contribution in [3.05, 3.63) is 0 Å². The van der Waals surface area contributed by atoms with Crippen LogP contribution in [0.5, 0.6) is 0 Å². The topological polar surface area (TPSA) is 15.3 Å². The first kappa shape index (κ1) is 12.9. The molecule has 0 aromatic heterocycles. The summed E-state index contributed by atoms with van der Waals surface area (Å²) in [7, 11) is 4.25. The molecule has 0 amide bonds. The van der Waals surface area contributed by atoms with Crippen molar-refractivity contribution >= 4 is 0 Å². The molecular formula is C11H26N2. The van der Waals surface area contributed by atoms with Crippen molar-refractivity contribution in [3.8, 4) is 0 Å². The van der Waals surface area contributed by atoms with Crippen LogP contribution in [0.2, 0.25) is 0 Å². The molecule has 1 N–H and O–H groups in total. The van der Waals surface area contributed by atoms with Crippen LogP contribution in [0.25, 0.3) is 0 Å². The SMILES string of the molecule is CCC(C)(CC)NCCCN(C)C. The quantitative estimate of drug-likeness (QED) is 0.613. The molecule has 0 aromatic carbocycles. The number of nitrogens with one attached hydrogen (secondary N) is 1. The van der Waals surface area contributed by atoms with Crippen molar-refractivity contribution in [1.82, 2.24) is 10.2 Å². The van der Waals surface area contributed by atoms with Crippen LogP contribution in [0.15, 0.2) is 0 Å². The van der Waals surface area contributed by atoms with E-state index in [0.29, 0.717) is 5.54 Å². The molecule has 0 rings (SSSR count). The van der Waals surface area contributed by atoms with Gasteiger partial charge in [0.05, 0.1) is 0 Å². The fraction of sp³-hybridized carbons (Fsp3) is 1.00. The first-order chi connectivity index (χ1) is 6.04. The zero-order valence-corrected chi connectivity index (χ0v) is 9.98. The minimum atomic E-state index is 0.353. The van der Waals surface area contributed by atoms with E-state index in [1.54, 1.807) is 0 Å². The predicted octanol–water partition coefficient (Wildman–Crippen LogP) is 2.11. The smallest absolute Gasteiger partial charge is 0.0148 e. The van der Waals surface area contributed by atoms with Gasteiger partial charge < -0.3 is 10.2 Å². The molecule has 0 atom stereocenters. The lowest BCUT2D eigenvalue weighted by molar-refractivity contribution is 0.315. The Morgan fingerprint density at radius 1 is 1.15 bits per heavy atom. The molecule has 0 spiro atoms. The monoisotopic (exact) mass is 186 g/mol. The Balaban J connectivity index is 3.50. The Hall–Kier alpha value is -0.0800. The zero-order chi connectivity index (χ0) is 10.3. The van der Waals surface area contributed by atoms with E-state index in [1.165, 1.54) is 25.8 Å². The van der Waals surface area contributed by atoms with Gasteiger partial charge in [-0.15, -0.1) is 0 Å². The maximum absolute atomic E-state index is 3.62. The summed E-state index contributed by atoms with van der Waals surface area (Å²) in [6.07, 6.45) is 3.67. The lowest BCUT2D eigenvalue weighted by Gasteiger charge is -2.28. The van der Waals surface area contributed by atoms with Crippen LogP contribution in [0.3, 0.4) is 0 Å². The van der Waals surface area contributed by atoms with Crippen LogP contribution in [0.4, 0.5) is 0 Å². The molecule has 0 aliphatic carbocycles. The molecule has 0 bridgehead atoms. The second-order valence-electron chi connectivity index (χ2n) is 4.35. The van der Waals surface area contributed by atoms with Crippen molar-refractivity contribution in [2.75, 3.05) is 27.2 Å². The predicted molar refractivity (Wildman–Crippen MR) is 60.2 cm³/mol. The van der Waals surface area contributed by atoms with Gasteiger partial charge in [0.15, 0.2) is 0 Å². The highest BCUT2D eigenvalue weighted by Gasteiger charge is 2.17. The third-order valence-corrected chi connectivity index (χ3v) is 2.89. The van der Waals surface area contributed by atoms with E-state index in [-0.39, 0.29) is 0 Å². The summed E-state index contributed by atoms with van der Waals surface area (Å²) in [4.78, 5) is 2.23. The molecule has 0 aromatic rings. The summed E-state index contributed by atoms with van der Waals surface area (Å²) < 4.78 is 0. The number of nitrogens with zero attached hydrogens (tertiary/aromatic N) is 1. The Labute approximate surface area is 83.7 Å². The largest absolute Gasteiger partial charge is 0.311 e. The van der Waals surface area contributed by atoms with Gasteiger partial charge in [-0.1, -0.05) is 13.8 Å². The van der Waals surface area contributed by atoms with E-state index in [4.69, 9.17) is 0 Å². The van der Waals surface area contributed by atoms with Crippen molar-refractivity contribution in [2.24, 2.45) is 0 Å². The average Bonchev–Trinajstić information content (AvgIpc) is 2.12. The maximum atomic E-state index is 3.62. The van der Waals surface area contributed by atoms with Crippen molar-refractivity contribution < 1.29 is 0 Å². The Kier molecular flexibility index (Phi) is 6.35. The molecule has 13 heavy (non-hydrogen) atoms. The van der Waals surface area contributed by atoms with Crippen LogP contribution in [0, 0.1) is 0 Å². The second kappa shape index (κ2) is 6.39. The van der Waals surface area contributed by atoms with E-state index in [2.05, 4.69) is 45.1 Å². The highest BCUT2D eigenvalue weighted by atomic mass is 15.1. The fourth-order valence-electron chi connectivity index (χ4n) is 1.29. The van der Waals surface area contributed by atoms with Crippen molar-refractivity contribution in [2.45, 2.75) is 45.6 Å². The second-order valence-corrected chi connectivity index (χ2v) is 4.35. The maximum Gasteiger partial charge on any atom is 0.0148 e. The van der Waals surface area contributed by atoms with E-state index >= 15 is 0 Å². The van der Waals surface area contributed by atoms with Crippen molar-refractivity contribution in [3.63, 3.8) is 0 Å². The van der Waals surface area contributed by atoms with Gasteiger partial charge in [0.2, 0.25) is 0 Å². The van der Waals surface area contributed by atoms with Gasteiger partial charge in [-0.2, -0.15) is 0 Å². The number of hydrogen-bond donors (Lipinski definition) is 1. The van der Waals surface area contributed by atoms with Gasteiger partial charge in [0.25, 0.3) is 0 Å². The third-order valence-electron chi connectivity index (χ3n) is 2.89. The highest BCUT2D eigenvalue weighted by Crippen LogP contribution is 2.12. The minimum Gasteiger partial charge on any atom is -0.311 e. The van der Waals surface area contributed by atoms with Crippen LogP contribution >= 0.6 is 0 Å². The van der Waals surface area contributed by atoms with Gasteiger partial charge in [0, 0.05) is 5.54 Å². The summed E-state index contributed by atoms with van der Waals surface area (Å²) in [6.45, 7) is 9.13. The Morgan fingerprint density at radius 3 is 2.08 bits per heavy atom. The van der Waals surface area contributed by atoms with Crippen LogP contribution in [-0.2, 0) is 0 Å². The van der Waals surface area contributed by atoms with Crippen molar-refractivity contribution in [1.29, 1.82) is 0 Å². The lowest BCUT2D eigenvalue weighted by Crippen LogP contribution is -2.42. The van der Waals surface area contributed by atoms with E-state index in [9.17, 15) is 0 Å². The van der Waals surface area contributed by atoms with Crippen LogP contribution in [-0.4, -0.2) is 37.6 Å². The van der Waals surface area contributed by atoms with E-state index < -0.39 is 0 Å². The summed E-state index contributed by atoms with van der Waals surface area (Å²) in [5, 5.41) is 3.62. The number of hydrogen-bond acceptors (Lipinski definition) is 2. The molecular weight excluding hydrogens is 160 g/mol. The Morgan fingerprint density at radius 2 is 1.69 bits per heavy atom. The first-order valence-corrected chi connectivity index (χ1v) is 5.44. The molecule has 2 nitrogen and oxygen atoms in total. The lowest BCUT2D eigenvalue weighted by atomic mass is 9.95. The van der Waals surface area contributed by atoms with Gasteiger partial charge in [0.1, 0.15) is 0 Å². The van der Waals surface area contributed by atoms with Gasteiger partial charge >= 0.3 is 0 Å². The molecule has 0 saturated carbocycles. The molecule has 0 radical (unpaired) electrons. The summed E-state index contributed by atoms with van der Waals surface area (Å²) >= 11 is 0. The average molecular weight is 186 g/mol. The molecule has 0 aliphatic rings. The molecule has 0 unspecified atom stereocenters. The Bertz CT molecular complexity index is 117. The fourth-order valence-corrected chi connectivity index (χ4v) is 1.29. The highest BCUT2D eigenvalue weighted by molar-refractivity contribution is 4.79. The minimum absolute atomic E-state index is 0.353. The van der Waals surface area contributed by atoms with Gasteiger partial charge in [-0.05, 0) is 53.4 Å². The van der Waals surface area contributed by atoms with Crippen LogP contribution < -0.4 is 5.32 Å². The first-order valence-electron chi connectivity index (χ1n) is 5.44. The molecule has 0 fully saturated rings. The normalized spacial score (nSPS) is 12.5. The summed E-state index contributed by atoms with van der Waals surface area (Å²) in [6, 6.07) is 0. The molecule has 0 heterocycles. The van der Waals surface area contributed by atoms with Gasteiger partial charge in [-0.25, -0.2) is 0 Å². The molecule has 0 aliphatic heterocycles. The summed E-state index contributed by atoms with van der Waals surface area (Å²) in [5.74, 6) is 0. The van der Waals surface area contributed by atoms with Crippen LogP contribution in [0.1, 0.15) is 40.0 Å². The molecule has 80 valence electrons.